The van der Waals surface area contributed by atoms with E-state index in [9.17, 15) is 0 Å². The standard InChI is InChI=1S/C17H25FN2/c1-17(18,12-14-7-4-5-10-19-14)16-15-8-3-2-6-13(15)9-11-20-16/h2-3,6,8,14,16,19-20H,4-5,7,9-12H2,1H3. The molecule has 2 nitrogen and oxygen atoms in total. The summed E-state index contributed by atoms with van der Waals surface area (Å²) in [4.78, 5) is 0. The Kier molecular flexibility index (Phi) is 4.08. The Bertz CT molecular complexity index is 452. The molecule has 0 saturated carbocycles. The van der Waals surface area contributed by atoms with Crippen LogP contribution in [-0.2, 0) is 6.42 Å². The van der Waals surface area contributed by atoms with Crippen molar-refractivity contribution in [3.63, 3.8) is 0 Å². The summed E-state index contributed by atoms with van der Waals surface area (Å²) in [5.74, 6) is 0. The molecule has 1 aromatic rings. The van der Waals surface area contributed by atoms with Gasteiger partial charge < -0.3 is 10.6 Å². The summed E-state index contributed by atoms with van der Waals surface area (Å²) in [5.41, 5.74) is 1.25. The van der Waals surface area contributed by atoms with Crippen molar-refractivity contribution >= 4 is 0 Å². The van der Waals surface area contributed by atoms with Gasteiger partial charge >= 0.3 is 0 Å². The lowest BCUT2D eigenvalue weighted by atomic mass is 9.81. The fraction of sp³-hybridized carbons (Fsp3) is 0.647. The molecule has 3 heteroatoms. The number of piperidine rings is 1. The number of rotatable bonds is 3. The van der Waals surface area contributed by atoms with Crippen molar-refractivity contribution in [2.75, 3.05) is 13.1 Å². The molecule has 2 aliphatic rings. The molecule has 2 aliphatic heterocycles. The van der Waals surface area contributed by atoms with Crippen molar-refractivity contribution in [2.24, 2.45) is 0 Å². The molecule has 0 bridgehead atoms. The summed E-state index contributed by atoms with van der Waals surface area (Å²) in [5, 5.41) is 6.87. The van der Waals surface area contributed by atoms with Gasteiger partial charge in [0.1, 0.15) is 5.67 Å². The van der Waals surface area contributed by atoms with Gasteiger partial charge in [0.15, 0.2) is 0 Å². The van der Waals surface area contributed by atoms with E-state index in [-0.39, 0.29) is 6.04 Å². The minimum absolute atomic E-state index is 0.170. The van der Waals surface area contributed by atoms with Crippen LogP contribution in [0.5, 0.6) is 0 Å². The second-order valence-corrected chi connectivity index (χ2v) is 6.46. The van der Waals surface area contributed by atoms with Crippen molar-refractivity contribution in [1.29, 1.82) is 0 Å². The van der Waals surface area contributed by atoms with Gasteiger partial charge in [0, 0.05) is 6.04 Å². The lowest BCUT2D eigenvalue weighted by molar-refractivity contribution is 0.0915. The summed E-state index contributed by atoms with van der Waals surface area (Å²) in [6.07, 6.45) is 5.16. The lowest BCUT2D eigenvalue weighted by Crippen LogP contribution is -2.47. The summed E-state index contributed by atoms with van der Waals surface area (Å²) in [6, 6.07) is 8.45. The molecule has 20 heavy (non-hydrogen) atoms. The van der Waals surface area contributed by atoms with E-state index in [2.05, 4.69) is 28.8 Å². The Morgan fingerprint density at radius 3 is 2.85 bits per heavy atom. The van der Waals surface area contributed by atoms with E-state index in [1.165, 1.54) is 18.4 Å². The van der Waals surface area contributed by atoms with Gasteiger partial charge in [-0.25, -0.2) is 4.39 Å². The molecule has 1 saturated heterocycles. The quantitative estimate of drug-likeness (QED) is 0.886. The fourth-order valence-electron chi connectivity index (χ4n) is 3.74. The second-order valence-electron chi connectivity index (χ2n) is 6.46. The Morgan fingerprint density at radius 1 is 1.20 bits per heavy atom. The van der Waals surface area contributed by atoms with Gasteiger partial charge in [-0.05, 0) is 56.8 Å². The fourth-order valence-corrected chi connectivity index (χ4v) is 3.74. The van der Waals surface area contributed by atoms with Gasteiger partial charge in [-0.2, -0.15) is 0 Å². The molecule has 1 fully saturated rings. The molecule has 0 amide bonds. The van der Waals surface area contributed by atoms with E-state index in [0.717, 1.165) is 31.5 Å². The summed E-state index contributed by atoms with van der Waals surface area (Å²) in [6.45, 7) is 3.68. The molecule has 0 radical (unpaired) electrons. The number of benzene rings is 1. The third kappa shape index (κ3) is 2.89. The zero-order valence-corrected chi connectivity index (χ0v) is 12.3. The molecule has 2 heterocycles. The van der Waals surface area contributed by atoms with Gasteiger partial charge in [0.05, 0.1) is 6.04 Å². The van der Waals surface area contributed by atoms with Crippen LogP contribution < -0.4 is 10.6 Å². The Labute approximate surface area is 121 Å². The first-order chi connectivity index (χ1) is 9.67. The van der Waals surface area contributed by atoms with E-state index in [1.807, 2.05) is 6.07 Å². The van der Waals surface area contributed by atoms with Crippen LogP contribution in [0.1, 0.15) is 49.8 Å². The zero-order chi connectivity index (χ0) is 14.0. The van der Waals surface area contributed by atoms with Crippen LogP contribution in [0, 0.1) is 0 Å². The lowest BCUT2D eigenvalue weighted by Gasteiger charge is -2.39. The van der Waals surface area contributed by atoms with Gasteiger partial charge in [-0.3, -0.25) is 0 Å². The summed E-state index contributed by atoms with van der Waals surface area (Å²) < 4.78 is 15.3. The highest BCUT2D eigenvalue weighted by molar-refractivity contribution is 5.34. The molecule has 3 unspecified atom stereocenters. The molecule has 2 N–H and O–H groups in total. The maximum atomic E-state index is 15.3. The minimum atomic E-state index is -1.20. The summed E-state index contributed by atoms with van der Waals surface area (Å²) in [7, 11) is 0. The van der Waals surface area contributed by atoms with Crippen molar-refractivity contribution in [1.82, 2.24) is 10.6 Å². The molecule has 0 spiro atoms. The van der Waals surface area contributed by atoms with Crippen LogP contribution in [0.3, 0.4) is 0 Å². The van der Waals surface area contributed by atoms with Crippen molar-refractivity contribution < 1.29 is 4.39 Å². The van der Waals surface area contributed by atoms with E-state index >= 15 is 4.39 Å². The second kappa shape index (κ2) is 5.82. The van der Waals surface area contributed by atoms with E-state index < -0.39 is 5.67 Å². The Hall–Kier alpha value is -0.930. The smallest absolute Gasteiger partial charge is 0.129 e. The highest BCUT2D eigenvalue weighted by Gasteiger charge is 2.39. The Balaban J connectivity index is 1.77. The molecule has 0 aromatic heterocycles. The number of nitrogens with one attached hydrogen (secondary N) is 2. The van der Waals surface area contributed by atoms with Crippen molar-refractivity contribution in [2.45, 2.75) is 56.8 Å². The van der Waals surface area contributed by atoms with Gasteiger partial charge in [-0.15, -0.1) is 0 Å². The minimum Gasteiger partial charge on any atom is -0.314 e. The molecular weight excluding hydrogens is 251 g/mol. The average molecular weight is 276 g/mol. The predicted octanol–water partition coefficient (Wildman–Crippen LogP) is 3.13. The highest BCUT2D eigenvalue weighted by atomic mass is 19.1. The predicted molar refractivity (Wildman–Crippen MR) is 80.7 cm³/mol. The van der Waals surface area contributed by atoms with Crippen LogP contribution in [0.4, 0.5) is 4.39 Å². The highest BCUT2D eigenvalue weighted by Crippen LogP contribution is 2.37. The van der Waals surface area contributed by atoms with Crippen LogP contribution in [-0.4, -0.2) is 24.8 Å². The number of hydrogen-bond donors (Lipinski definition) is 2. The van der Waals surface area contributed by atoms with Gasteiger partial charge in [0.25, 0.3) is 0 Å². The molecule has 110 valence electrons. The van der Waals surface area contributed by atoms with E-state index in [4.69, 9.17) is 0 Å². The zero-order valence-electron chi connectivity index (χ0n) is 12.3. The SMILES string of the molecule is CC(F)(CC1CCCCN1)C1NCCc2ccccc21. The Morgan fingerprint density at radius 2 is 2.05 bits per heavy atom. The summed E-state index contributed by atoms with van der Waals surface area (Å²) >= 11 is 0. The first kappa shape index (κ1) is 14.0. The molecule has 1 aromatic carbocycles. The topological polar surface area (TPSA) is 24.1 Å². The third-order valence-corrected chi connectivity index (χ3v) is 4.77. The van der Waals surface area contributed by atoms with Gasteiger partial charge in [0.2, 0.25) is 0 Å². The third-order valence-electron chi connectivity index (χ3n) is 4.77. The van der Waals surface area contributed by atoms with E-state index in [0.29, 0.717) is 12.5 Å². The normalized spacial score (nSPS) is 29.5. The van der Waals surface area contributed by atoms with Crippen LogP contribution in [0.15, 0.2) is 24.3 Å². The number of fused-ring (bicyclic) bond motifs is 1. The van der Waals surface area contributed by atoms with Crippen molar-refractivity contribution in [3.05, 3.63) is 35.4 Å². The maximum absolute atomic E-state index is 15.3. The monoisotopic (exact) mass is 276 g/mol. The number of halogens is 1. The van der Waals surface area contributed by atoms with Crippen LogP contribution >= 0.6 is 0 Å². The molecule has 3 rings (SSSR count). The average Bonchev–Trinajstić information content (AvgIpc) is 2.47. The van der Waals surface area contributed by atoms with Crippen molar-refractivity contribution in [3.8, 4) is 0 Å². The molecular formula is C17H25FN2. The number of hydrogen-bond acceptors (Lipinski definition) is 2. The van der Waals surface area contributed by atoms with Crippen LogP contribution in [0.25, 0.3) is 0 Å². The largest absolute Gasteiger partial charge is 0.314 e. The molecule has 3 atom stereocenters. The first-order valence-corrected chi connectivity index (χ1v) is 7.90. The first-order valence-electron chi connectivity index (χ1n) is 7.90. The van der Waals surface area contributed by atoms with Gasteiger partial charge in [-0.1, -0.05) is 30.7 Å². The van der Waals surface area contributed by atoms with Crippen LogP contribution in [0.2, 0.25) is 0 Å². The molecule has 0 aliphatic carbocycles. The number of alkyl halides is 1. The van der Waals surface area contributed by atoms with E-state index in [1.54, 1.807) is 6.92 Å². The maximum Gasteiger partial charge on any atom is 0.129 e.